The van der Waals surface area contributed by atoms with E-state index in [2.05, 4.69) is 21.6 Å². The lowest BCUT2D eigenvalue weighted by atomic mass is 10.1. The van der Waals surface area contributed by atoms with E-state index in [9.17, 15) is 4.79 Å². The second kappa shape index (κ2) is 6.23. The number of aromatic nitrogens is 2. The number of nitrogens with one attached hydrogen (secondary N) is 2. The summed E-state index contributed by atoms with van der Waals surface area (Å²) in [4.78, 5) is 12.2. The molecule has 0 aliphatic carbocycles. The Hall–Kier alpha value is -3.02. The van der Waals surface area contributed by atoms with Crippen molar-refractivity contribution < 1.29 is 13.9 Å². The summed E-state index contributed by atoms with van der Waals surface area (Å²) in [5.74, 6) is 1.61. The van der Waals surface area contributed by atoms with Gasteiger partial charge in [0.15, 0.2) is 0 Å². The summed E-state index contributed by atoms with van der Waals surface area (Å²) in [6.07, 6.45) is 3.19. The summed E-state index contributed by atoms with van der Waals surface area (Å²) in [5.41, 5.74) is 3.35. The zero-order valence-corrected chi connectivity index (χ0v) is 13.0. The molecule has 0 spiro atoms. The maximum atomic E-state index is 12.2. The number of fused-ring (bicyclic) bond motifs is 1. The van der Waals surface area contributed by atoms with Crippen LogP contribution in [0.15, 0.2) is 47.1 Å². The Morgan fingerprint density at radius 2 is 2.25 bits per heavy atom. The number of rotatable bonds is 5. The zero-order valence-electron chi connectivity index (χ0n) is 13.0. The Labute approximate surface area is 138 Å². The monoisotopic (exact) mass is 323 g/mol. The van der Waals surface area contributed by atoms with Crippen molar-refractivity contribution in [2.75, 3.05) is 13.2 Å². The Balaban J connectivity index is 1.41. The highest BCUT2D eigenvalue weighted by Gasteiger charge is 2.15. The van der Waals surface area contributed by atoms with Crippen molar-refractivity contribution in [3.05, 3.63) is 59.7 Å². The first-order chi connectivity index (χ1) is 11.8. The molecule has 1 aliphatic rings. The standard InChI is InChI=1S/C18H17N3O3/c22-18(19-7-5-14-2-1-8-23-14)16-11-15(20-21-16)12-3-4-17-13(10-12)6-9-24-17/h1-4,8,10-11H,5-7,9H2,(H,19,22)(H,20,21). The van der Waals surface area contributed by atoms with Crippen molar-refractivity contribution in [2.45, 2.75) is 12.8 Å². The molecule has 6 nitrogen and oxygen atoms in total. The van der Waals surface area contributed by atoms with Gasteiger partial charge in [-0.1, -0.05) is 0 Å². The number of carbonyl (C=O) groups excluding carboxylic acids is 1. The lowest BCUT2D eigenvalue weighted by molar-refractivity contribution is 0.0948. The number of hydrogen-bond donors (Lipinski definition) is 2. The molecular formula is C18H17N3O3. The molecule has 0 saturated carbocycles. The number of furan rings is 1. The van der Waals surface area contributed by atoms with Gasteiger partial charge in [0.25, 0.3) is 5.91 Å². The number of amides is 1. The van der Waals surface area contributed by atoms with E-state index in [1.807, 2.05) is 24.3 Å². The van der Waals surface area contributed by atoms with Crippen molar-refractivity contribution in [2.24, 2.45) is 0 Å². The fourth-order valence-corrected chi connectivity index (χ4v) is 2.78. The molecule has 24 heavy (non-hydrogen) atoms. The third-order valence-corrected chi connectivity index (χ3v) is 4.04. The smallest absolute Gasteiger partial charge is 0.269 e. The molecule has 1 aromatic carbocycles. The van der Waals surface area contributed by atoms with E-state index in [1.165, 1.54) is 5.56 Å². The second-order valence-electron chi connectivity index (χ2n) is 5.67. The average Bonchev–Trinajstić information content (AvgIpc) is 3.34. The molecule has 2 aromatic heterocycles. The predicted octanol–water partition coefficient (Wildman–Crippen LogP) is 2.58. The molecule has 2 N–H and O–H groups in total. The van der Waals surface area contributed by atoms with Crippen molar-refractivity contribution in [1.29, 1.82) is 0 Å². The van der Waals surface area contributed by atoms with Crippen LogP contribution < -0.4 is 10.1 Å². The van der Waals surface area contributed by atoms with Crippen LogP contribution in [-0.2, 0) is 12.8 Å². The van der Waals surface area contributed by atoms with Gasteiger partial charge < -0.3 is 14.5 Å². The third-order valence-electron chi connectivity index (χ3n) is 4.04. The van der Waals surface area contributed by atoms with Gasteiger partial charge in [0, 0.05) is 24.9 Å². The highest BCUT2D eigenvalue weighted by Crippen LogP contribution is 2.29. The Bertz CT molecular complexity index is 852. The summed E-state index contributed by atoms with van der Waals surface area (Å²) < 4.78 is 10.7. The third kappa shape index (κ3) is 2.90. The average molecular weight is 323 g/mol. The fraction of sp³-hybridized carbons (Fsp3) is 0.222. The lowest BCUT2D eigenvalue weighted by Crippen LogP contribution is -2.25. The normalized spacial score (nSPS) is 12.7. The van der Waals surface area contributed by atoms with Gasteiger partial charge in [-0.2, -0.15) is 5.10 Å². The van der Waals surface area contributed by atoms with E-state index < -0.39 is 0 Å². The first-order valence-corrected chi connectivity index (χ1v) is 7.92. The van der Waals surface area contributed by atoms with Gasteiger partial charge in [-0.05, 0) is 42.0 Å². The van der Waals surface area contributed by atoms with Gasteiger partial charge >= 0.3 is 0 Å². The molecule has 0 saturated heterocycles. The molecule has 0 fully saturated rings. The van der Waals surface area contributed by atoms with E-state index in [4.69, 9.17) is 9.15 Å². The maximum absolute atomic E-state index is 12.2. The SMILES string of the molecule is O=C(NCCc1ccco1)c1cc(-c2ccc3c(c2)CCO3)n[nH]1. The van der Waals surface area contributed by atoms with Crippen LogP contribution in [0.25, 0.3) is 11.3 Å². The van der Waals surface area contributed by atoms with Crippen LogP contribution >= 0.6 is 0 Å². The number of H-pyrrole nitrogens is 1. The highest BCUT2D eigenvalue weighted by atomic mass is 16.5. The van der Waals surface area contributed by atoms with Gasteiger partial charge in [-0.15, -0.1) is 0 Å². The minimum Gasteiger partial charge on any atom is -0.493 e. The molecule has 3 aromatic rings. The largest absolute Gasteiger partial charge is 0.493 e. The number of hydrogen-bond acceptors (Lipinski definition) is 4. The quantitative estimate of drug-likeness (QED) is 0.756. The molecule has 1 aliphatic heterocycles. The molecule has 4 rings (SSSR count). The number of aromatic amines is 1. The minimum absolute atomic E-state index is 0.176. The van der Waals surface area contributed by atoms with Crippen LogP contribution in [-0.4, -0.2) is 29.3 Å². The van der Waals surface area contributed by atoms with E-state index in [-0.39, 0.29) is 5.91 Å². The summed E-state index contributed by atoms with van der Waals surface area (Å²) in [6, 6.07) is 11.5. The van der Waals surface area contributed by atoms with Gasteiger partial charge in [-0.25, -0.2) is 0 Å². The molecule has 1 amide bonds. The van der Waals surface area contributed by atoms with E-state index in [0.717, 1.165) is 35.8 Å². The Kier molecular flexibility index (Phi) is 3.78. The Morgan fingerprint density at radius 3 is 3.12 bits per heavy atom. The summed E-state index contributed by atoms with van der Waals surface area (Å²) in [7, 11) is 0. The maximum Gasteiger partial charge on any atom is 0.269 e. The first-order valence-electron chi connectivity index (χ1n) is 7.92. The lowest BCUT2D eigenvalue weighted by Gasteiger charge is -2.01. The van der Waals surface area contributed by atoms with Crippen LogP contribution in [0.4, 0.5) is 0 Å². The molecule has 0 atom stereocenters. The Morgan fingerprint density at radius 1 is 1.29 bits per heavy atom. The van der Waals surface area contributed by atoms with Crippen LogP contribution in [0.5, 0.6) is 5.75 Å². The minimum atomic E-state index is -0.176. The number of benzene rings is 1. The molecular weight excluding hydrogens is 306 g/mol. The summed E-state index contributed by atoms with van der Waals surface area (Å²) >= 11 is 0. The topological polar surface area (TPSA) is 80.2 Å². The molecule has 3 heterocycles. The number of nitrogens with zero attached hydrogens (tertiary/aromatic N) is 1. The second-order valence-corrected chi connectivity index (χ2v) is 5.67. The molecule has 0 unspecified atom stereocenters. The highest BCUT2D eigenvalue weighted by molar-refractivity contribution is 5.93. The van der Waals surface area contributed by atoms with Crippen molar-refractivity contribution in [3.63, 3.8) is 0 Å². The van der Waals surface area contributed by atoms with Crippen LogP contribution in [0.3, 0.4) is 0 Å². The van der Waals surface area contributed by atoms with Crippen LogP contribution in [0.2, 0.25) is 0 Å². The van der Waals surface area contributed by atoms with Crippen LogP contribution in [0, 0.1) is 0 Å². The van der Waals surface area contributed by atoms with Gasteiger partial charge in [0.2, 0.25) is 0 Å². The summed E-state index contributed by atoms with van der Waals surface area (Å²) in [6.45, 7) is 1.24. The first kappa shape index (κ1) is 14.6. The van der Waals surface area contributed by atoms with E-state index >= 15 is 0 Å². The zero-order chi connectivity index (χ0) is 16.4. The van der Waals surface area contributed by atoms with Crippen molar-refractivity contribution in [3.8, 4) is 17.0 Å². The van der Waals surface area contributed by atoms with Gasteiger partial charge in [0.05, 0.1) is 18.6 Å². The van der Waals surface area contributed by atoms with Crippen LogP contribution in [0.1, 0.15) is 21.8 Å². The fourth-order valence-electron chi connectivity index (χ4n) is 2.78. The number of ether oxygens (including phenoxy) is 1. The van der Waals surface area contributed by atoms with E-state index in [1.54, 1.807) is 12.3 Å². The van der Waals surface area contributed by atoms with Crippen molar-refractivity contribution in [1.82, 2.24) is 15.5 Å². The molecule has 0 bridgehead atoms. The van der Waals surface area contributed by atoms with Gasteiger partial charge in [0.1, 0.15) is 17.2 Å². The molecule has 6 heteroatoms. The van der Waals surface area contributed by atoms with E-state index in [0.29, 0.717) is 18.7 Å². The predicted molar refractivity (Wildman–Crippen MR) is 88.0 cm³/mol. The van der Waals surface area contributed by atoms with Crippen molar-refractivity contribution >= 4 is 5.91 Å². The summed E-state index contributed by atoms with van der Waals surface area (Å²) in [5, 5.41) is 9.90. The van der Waals surface area contributed by atoms with Gasteiger partial charge in [-0.3, -0.25) is 9.89 Å². The molecule has 0 radical (unpaired) electrons. The number of carbonyl (C=O) groups is 1. The molecule has 122 valence electrons.